The number of aliphatic hydroxyl groups excluding tert-OH is 1. The number of nitrogens with zero attached hydrogens (tertiary/aromatic N) is 4. The number of esters is 1. The first-order valence-electron chi connectivity index (χ1n) is 11.9. The summed E-state index contributed by atoms with van der Waals surface area (Å²) in [5.41, 5.74) is -0.980. The number of nitrogens with one attached hydrogen (secondary N) is 1. The van der Waals surface area contributed by atoms with Gasteiger partial charge in [-0.15, -0.1) is 0 Å². The number of aromatic nitrogens is 3. The summed E-state index contributed by atoms with van der Waals surface area (Å²) >= 11 is 0. The molecule has 2 aliphatic rings. The van der Waals surface area contributed by atoms with Crippen molar-refractivity contribution in [2.45, 2.75) is 76.1 Å². The maximum Gasteiger partial charge on any atom is 0.306 e. The van der Waals surface area contributed by atoms with Crippen molar-refractivity contribution >= 4 is 23.2 Å². The number of carbonyl (C=O) groups is 2. The van der Waals surface area contributed by atoms with Crippen LogP contribution >= 0.6 is 0 Å². The third kappa shape index (κ3) is 4.91. The molecule has 1 aliphatic carbocycles. The van der Waals surface area contributed by atoms with Gasteiger partial charge >= 0.3 is 5.97 Å². The number of ether oxygens (including phenoxy) is 2. The third-order valence-electron chi connectivity index (χ3n) is 6.50. The smallest absolute Gasteiger partial charge is 0.306 e. The molecule has 1 saturated heterocycles. The molecule has 2 aromatic heterocycles. The molecule has 1 aliphatic heterocycles. The van der Waals surface area contributed by atoms with E-state index >= 15 is 0 Å². The summed E-state index contributed by atoms with van der Waals surface area (Å²) in [7, 11) is 0. The van der Waals surface area contributed by atoms with Crippen LogP contribution in [0.15, 0.2) is 18.5 Å². The highest BCUT2D eigenvalue weighted by atomic mass is 16.6. The lowest BCUT2D eigenvalue weighted by molar-refractivity contribution is -0.149. The van der Waals surface area contributed by atoms with E-state index in [4.69, 9.17) is 9.47 Å². The Morgan fingerprint density at radius 3 is 2.91 bits per heavy atom. The topological polar surface area (TPSA) is 139 Å². The zero-order chi connectivity index (χ0) is 24.1. The Morgan fingerprint density at radius 1 is 1.38 bits per heavy atom. The first-order valence-corrected chi connectivity index (χ1v) is 11.9. The van der Waals surface area contributed by atoms with E-state index in [0.717, 1.165) is 38.5 Å². The van der Waals surface area contributed by atoms with Crippen molar-refractivity contribution in [1.82, 2.24) is 14.6 Å². The highest BCUT2D eigenvalue weighted by Crippen LogP contribution is 2.40. The van der Waals surface area contributed by atoms with Crippen LogP contribution in [0.4, 0.5) is 5.82 Å². The third-order valence-corrected chi connectivity index (χ3v) is 6.50. The molecule has 1 saturated carbocycles. The minimum atomic E-state index is -1.74. The van der Waals surface area contributed by atoms with Gasteiger partial charge in [-0.3, -0.25) is 9.59 Å². The van der Waals surface area contributed by atoms with Gasteiger partial charge in [-0.2, -0.15) is 10.4 Å². The summed E-state index contributed by atoms with van der Waals surface area (Å²) in [6, 6.07) is 5.35. The minimum Gasteiger partial charge on any atom is -0.463 e. The number of carbonyl (C=O) groups excluding carboxylic acids is 2. The van der Waals surface area contributed by atoms with E-state index in [-0.39, 0.29) is 18.5 Å². The predicted molar refractivity (Wildman–Crippen MR) is 121 cm³/mol. The van der Waals surface area contributed by atoms with Crippen molar-refractivity contribution in [2.75, 3.05) is 11.9 Å². The highest BCUT2D eigenvalue weighted by molar-refractivity contribution is 5.93. The van der Waals surface area contributed by atoms with Gasteiger partial charge in [0.15, 0.2) is 5.82 Å². The van der Waals surface area contributed by atoms with Crippen LogP contribution in [0.3, 0.4) is 0 Å². The fraction of sp³-hybridized carbons (Fsp3) is 0.583. The predicted octanol–water partition coefficient (Wildman–Crippen LogP) is 2.66. The summed E-state index contributed by atoms with van der Waals surface area (Å²) < 4.78 is 12.8. The lowest BCUT2D eigenvalue weighted by atomic mass is 9.94. The molecule has 1 amide bonds. The van der Waals surface area contributed by atoms with Crippen molar-refractivity contribution < 1.29 is 24.2 Å². The monoisotopic (exact) mass is 468 g/mol. The first-order chi connectivity index (χ1) is 16.5. The Balaban J connectivity index is 1.48. The first kappa shape index (κ1) is 24.1. The second-order valence-electron chi connectivity index (χ2n) is 8.95. The zero-order valence-corrected chi connectivity index (χ0v) is 19.3. The van der Waals surface area contributed by atoms with E-state index in [9.17, 15) is 20.0 Å². The lowest BCUT2D eigenvalue weighted by Gasteiger charge is -2.24. The fourth-order valence-electron chi connectivity index (χ4n) is 4.67. The van der Waals surface area contributed by atoms with Gasteiger partial charge in [-0.05, 0) is 37.3 Å². The van der Waals surface area contributed by atoms with Crippen LogP contribution in [0, 0.1) is 23.7 Å². The molecule has 2 N–H and O–H groups in total. The van der Waals surface area contributed by atoms with Gasteiger partial charge in [-0.1, -0.05) is 26.2 Å². The fourth-order valence-corrected chi connectivity index (χ4v) is 4.67. The number of hydrogen-bond donors (Lipinski definition) is 2. The van der Waals surface area contributed by atoms with Crippen molar-refractivity contribution in [3.05, 3.63) is 30.6 Å². The number of amides is 1. The number of aliphatic hydroxyl groups is 1. The number of nitriles is 1. The molecule has 10 heteroatoms. The summed E-state index contributed by atoms with van der Waals surface area (Å²) in [4.78, 5) is 28.5. The van der Waals surface area contributed by atoms with Crippen molar-refractivity contribution in [3.8, 4) is 6.07 Å². The van der Waals surface area contributed by atoms with E-state index in [2.05, 4.69) is 21.5 Å². The van der Waals surface area contributed by atoms with Crippen LogP contribution in [0.1, 0.15) is 64.0 Å². The number of rotatable bonds is 9. The van der Waals surface area contributed by atoms with E-state index in [1.54, 1.807) is 12.1 Å². The van der Waals surface area contributed by atoms with Gasteiger partial charge in [0, 0.05) is 19.3 Å². The molecule has 4 rings (SSSR count). The van der Waals surface area contributed by atoms with E-state index < -0.39 is 17.8 Å². The molecule has 3 heterocycles. The Hall–Kier alpha value is -3.03. The molecule has 1 radical (unpaired) electrons. The quantitative estimate of drug-likeness (QED) is 0.536. The summed E-state index contributed by atoms with van der Waals surface area (Å²) in [5, 5.41) is 27.8. The maximum absolute atomic E-state index is 12.2. The van der Waals surface area contributed by atoms with E-state index in [1.165, 1.54) is 17.3 Å². The SMILES string of the molecule is CCCCC(=O)Nc1ncnn2c([C@]3(C#N)O[C@@H](COC(=O)CC4CCCC4)[CH][C@H]3O)ccc12. The average Bonchev–Trinajstić information content (AvgIpc) is 3.56. The van der Waals surface area contributed by atoms with Crippen molar-refractivity contribution in [1.29, 1.82) is 5.26 Å². The largest absolute Gasteiger partial charge is 0.463 e. The molecule has 2 fully saturated rings. The second kappa shape index (κ2) is 10.5. The molecule has 0 spiro atoms. The van der Waals surface area contributed by atoms with Crippen molar-refractivity contribution in [2.24, 2.45) is 5.92 Å². The average molecular weight is 469 g/mol. The molecule has 0 aromatic carbocycles. The number of unbranched alkanes of at least 4 members (excludes halogenated alkanes) is 1. The number of anilines is 1. The van der Waals surface area contributed by atoms with Crippen LogP contribution in [0.2, 0.25) is 0 Å². The van der Waals surface area contributed by atoms with Crippen LogP contribution in [-0.4, -0.2) is 50.4 Å². The highest BCUT2D eigenvalue weighted by Gasteiger charge is 2.52. The van der Waals surface area contributed by atoms with Gasteiger partial charge in [0.25, 0.3) is 0 Å². The van der Waals surface area contributed by atoms with E-state index in [1.807, 2.05) is 6.92 Å². The molecule has 181 valence electrons. The molecule has 34 heavy (non-hydrogen) atoms. The zero-order valence-electron chi connectivity index (χ0n) is 19.3. The normalized spacial score (nSPS) is 24.9. The number of hydrogen-bond acceptors (Lipinski definition) is 8. The van der Waals surface area contributed by atoms with Gasteiger partial charge in [0.1, 0.15) is 36.7 Å². The molecule has 10 nitrogen and oxygen atoms in total. The Labute approximate surface area is 198 Å². The van der Waals surface area contributed by atoms with Crippen LogP contribution in [0.5, 0.6) is 0 Å². The van der Waals surface area contributed by atoms with Crippen LogP contribution in [-0.2, 0) is 24.7 Å². The minimum absolute atomic E-state index is 0.0803. The standard InChI is InChI=1S/C24H30N5O5/c1-2-3-8-21(31)28-23-18-9-10-19(29(18)27-15-26-23)24(14-25)20(30)12-17(34-24)13-33-22(32)11-16-6-4-5-7-16/h9-10,12,15-17,20,30H,2-8,11,13H2,1H3,(H,26,27,28,31)/t17-,20-,24+/m1/s1. The summed E-state index contributed by atoms with van der Waals surface area (Å²) in [5.74, 6) is 0.222. The van der Waals surface area contributed by atoms with Crippen LogP contribution in [0.25, 0.3) is 5.52 Å². The lowest BCUT2D eigenvalue weighted by Crippen LogP contribution is -2.37. The van der Waals surface area contributed by atoms with Crippen molar-refractivity contribution in [3.63, 3.8) is 0 Å². The molecule has 0 bridgehead atoms. The van der Waals surface area contributed by atoms with Gasteiger partial charge in [-0.25, -0.2) is 9.50 Å². The summed E-state index contributed by atoms with van der Waals surface area (Å²) in [6.45, 7) is 1.92. The molecular weight excluding hydrogens is 438 g/mol. The molecule has 3 atom stereocenters. The molecule has 2 aromatic rings. The Bertz CT molecular complexity index is 1070. The Kier molecular flexibility index (Phi) is 7.44. The molecular formula is C24H30N5O5. The second-order valence-corrected chi connectivity index (χ2v) is 8.95. The van der Waals surface area contributed by atoms with Gasteiger partial charge < -0.3 is 19.9 Å². The van der Waals surface area contributed by atoms with Gasteiger partial charge in [0.2, 0.25) is 11.5 Å². The van der Waals surface area contributed by atoms with E-state index in [0.29, 0.717) is 35.8 Å². The summed E-state index contributed by atoms with van der Waals surface area (Å²) in [6.07, 6.45) is 7.50. The Morgan fingerprint density at radius 2 is 2.18 bits per heavy atom. The maximum atomic E-state index is 12.2. The van der Waals surface area contributed by atoms with Crippen LogP contribution < -0.4 is 5.32 Å². The van der Waals surface area contributed by atoms with Gasteiger partial charge in [0.05, 0.1) is 5.69 Å². The number of fused-ring (bicyclic) bond motifs is 1. The molecule has 0 unspecified atom stereocenters.